The number of carbonyl (C=O) groups is 2. The Morgan fingerprint density at radius 1 is 0.619 bits per heavy atom. The van der Waals surface area contributed by atoms with Gasteiger partial charge in [-0.05, 0) is 25.0 Å². The van der Waals surface area contributed by atoms with Crippen molar-refractivity contribution in [3.05, 3.63) is 29.8 Å². The van der Waals surface area contributed by atoms with Crippen LogP contribution < -0.4 is 5.32 Å². The van der Waals surface area contributed by atoms with E-state index in [1.54, 1.807) is 25.3 Å². The highest BCUT2D eigenvalue weighted by atomic mass is 16.6. The number of aromatic hydroxyl groups is 1. The molecule has 12 heteroatoms. The summed E-state index contributed by atoms with van der Waals surface area (Å²) in [6.07, 6.45) is 4.86. The standard InChI is InChI=1S/C30H51NO11/c1-35-13-14-36-15-16-37-17-18-38-19-20-39-21-22-40-23-24-41-25-26-42-29(33)11-5-3-2-4-8-12-31-30(34)27-9-6-7-10-28(27)32/h6-7,9-10,32H,2-5,8,11-26H2,1H3,(H,31,34). The molecule has 1 aromatic rings. The summed E-state index contributed by atoms with van der Waals surface area (Å²) in [5.41, 5.74) is 0.282. The number of benzene rings is 1. The van der Waals surface area contributed by atoms with Gasteiger partial charge in [-0.25, -0.2) is 0 Å². The lowest BCUT2D eigenvalue weighted by atomic mass is 10.1. The van der Waals surface area contributed by atoms with Crippen molar-refractivity contribution < 1.29 is 52.6 Å². The molecule has 0 aliphatic rings. The SMILES string of the molecule is COCCOCCOCCOCCOCCOCCOCCOC(=O)CCCCCCCNC(=O)c1ccccc1O. The zero-order valence-corrected chi connectivity index (χ0v) is 25.2. The van der Waals surface area contributed by atoms with Gasteiger partial charge < -0.3 is 48.3 Å². The maximum atomic E-state index is 12.0. The molecule has 242 valence electrons. The van der Waals surface area contributed by atoms with Crippen molar-refractivity contribution >= 4 is 11.9 Å². The molecule has 1 aromatic carbocycles. The number of phenolic OH excluding ortho intramolecular Hbond substituents is 1. The van der Waals surface area contributed by atoms with E-state index in [1.165, 1.54) is 6.07 Å². The predicted molar refractivity (Wildman–Crippen MR) is 156 cm³/mol. The highest BCUT2D eigenvalue weighted by Gasteiger charge is 2.09. The summed E-state index contributed by atoms with van der Waals surface area (Å²) in [4.78, 5) is 23.8. The minimum absolute atomic E-state index is 0.0201. The van der Waals surface area contributed by atoms with E-state index in [2.05, 4.69) is 5.32 Å². The van der Waals surface area contributed by atoms with E-state index >= 15 is 0 Å². The molecule has 0 fully saturated rings. The fraction of sp³-hybridized carbons (Fsp3) is 0.733. The van der Waals surface area contributed by atoms with E-state index < -0.39 is 0 Å². The van der Waals surface area contributed by atoms with Crippen LogP contribution in [0.25, 0.3) is 0 Å². The number of methoxy groups -OCH3 is 1. The summed E-state index contributed by atoms with van der Waals surface area (Å²) >= 11 is 0. The molecule has 0 unspecified atom stereocenters. The van der Waals surface area contributed by atoms with E-state index in [0.717, 1.165) is 32.1 Å². The van der Waals surface area contributed by atoms with E-state index in [-0.39, 0.29) is 29.8 Å². The van der Waals surface area contributed by atoms with Crippen LogP contribution >= 0.6 is 0 Å². The second-order valence-electron chi connectivity index (χ2n) is 9.18. The van der Waals surface area contributed by atoms with Crippen LogP contribution in [0.15, 0.2) is 24.3 Å². The molecular weight excluding hydrogens is 550 g/mol. The minimum Gasteiger partial charge on any atom is -0.507 e. The van der Waals surface area contributed by atoms with Gasteiger partial charge in [0.05, 0.1) is 91.5 Å². The van der Waals surface area contributed by atoms with Crippen molar-refractivity contribution in [2.75, 3.05) is 106 Å². The van der Waals surface area contributed by atoms with Gasteiger partial charge in [0.25, 0.3) is 5.91 Å². The first-order valence-electron chi connectivity index (χ1n) is 14.8. The van der Waals surface area contributed by atoms with Crippen molar-refractivity contribution in [1.29, 1.82) is 0 Å². The minimum atomic E-state index is -0.273. The summed E-state index contributed by atoms with van der Waals surface area (Å²) in [6, 6.07) is 6.47. The number of phenols is 1. The average Bonchev–Trinajstić information content (AvgIpc) is 2.99. The lowest BCUT2D eigenvalue weighted by molar-refractivity contribution is -0.145. The first-order valence-corrected chi connectivity index (χ1v) is 14.8. The average molecular weight is 602 g/mol. The van der Waals surface area contributed by atoms with E-state index in [0.29, 0.717) is 98.9 Å². The van der Waals surface area contributed by atoms with Crippen molar-refractivity contribution in [2.45, 2.75) is 38.5 Å². The highest BCUT2D eigenvalue weighted by Crippen LogP contribution is 2.15. The molecule has 12 nitrogen and oxygen atoms in total. The van der Waals surface area contributed by atoms with E-state index in [9.17, 15) is 14.7 Å². The van der Waals surface area contributed by atoms with Gasteiger partial charge >= 0.3 is 5.97 Å². The normalized spacial score (nSPS) is 11.1. The predicted octanol–water partition coefficient (Wildman–Crippen LogP) is 2.75. The lowest BCUT2D eigenvalue weighted by Crippen LogP contribution is -2.24. The molecule has 0 aromatic heterocycles. The Morgan fingerprint density at radius 2 is 1.07 bits per heavy atom. The summed E-state index contributed by atoms with van der Waals surface area (Å²) in [7, 11) is 1.64. The van der Waals surface area contributed by atoms with E-state index in [4.69, 9.17) is 37.9 Å². The van der Waals surface area contributed by atoms with Crippen molar-refractivity contribution in [3.8, 4) is 5.75 Å². The summed E-state index contributed by atoms with van der Waals surface area (Å²) in [6.45, 7) is 7.18. The number of unbranched alkanes of at least 4 members (excludes halogenated alkanes) is 4. The number of hydrogen-bond acceptors (Lipinski definition) is 11. The van der Waals surface area contributed by atoms with Gasteiger partial charge in [-0.3, -0.25) is 9.59 Å². The Bertz CT molecular complexity index is 781. The van der Waals surface area contributed by atoms with Crippen LogP contribution in [0.1, 0.15) is 48.9 Å². The van der Waals surface area contributed by atoms with Gasteiger partial charge in [0.1, 0.15) is 12.4 Å². The van der Waals surface area contributed by atoms with E-state index in [1.807, 2.05) is 0 Å². The fourth-order valence-corrected chi connectivity index (χ4v) is 3.52. The molecular formula is C30H51NO11. The molecule has 1 rings (SSSR count). The molecule has 0 spiro atoms. The Labute approximate surface area is 250 Å². The molecule has 1 amide bonds. The largest absolute Gasteiger partial charge is 0.507 e. The fourth-order valence-electron chi connectivity index (χ4n) is 3.52. The molecule has 2 N–H and O–H groups in total. The highest BCUT2D eigenvalue weighted by molar-refractivity contribution is 5.96. The zero-order chi connectivity index (χ0) is 30.4. The van der Waals surface area contributed by atoms with Gasteiger partial charge in [0.2, 0.25) is 0 Å². The number of amides is 1. The third kappa shape index (κ3) is 23.3. The van der Waals surface area contributed by atoms with Crippen LogP contribution in [0.5, 0.6) is 5.75 Å². The second-order valence-corrected chi connectivity index (χ2v) is 9.18. The number of nitrogens with one attached hydrogen (secondary N) is 1. The zero-order valence-electron chi connectivity index (χ0n) is 25.2. The third-order valence-corrected chi connectivity index (χ3v) is 5.77. The quantitative estimate of drug-likeness (QED) is 0.0994. The van der Waals surface area contributed by atoms with Crippen LogP contribution in [0.4, 0.5) is 0 Å². The molecule has 0 atom stereocenters. The van der Waals surface area contributed by atoms with Gasteiger partial charge in [0.15, 0.2) is 0 Å². The van der Waals surface area contributed by atoms with Crippen molar-refractivity contribution in [3.63, 3.8) is 0 Å². The number of hydrogen-bond donors (Lipinski definition) is 2. The monoisotopic (exact) mass is 601 g/mol. The molecule has 0 aliphatic carbocycles. The van der Waals surface area contributed by atoms with Crippen molar-refractivity contribution in [1.82, 2.24) is 5.32 Å². The maximum Gasteiger partial charge on any atom is 0.305 e. The Kier molecular flexibility index (Phi) is 25.8. The summed E-state index contributed by atoms with van der Waals surface area (Å²) in [5.74, 6) is -0.514. The molecule has 42 heavy (non-hydrogen) atoms. The molecule has 0 saturated heterocycles. The number of carbonyl (C=O) groups excluding carboxylic acids is 2. The van der Waals surface area contributed by atoms with Crippen LogP contribution in [-0.2, 0) is 42.7 Å². The smallest absolute Gasteiger partial charge is 0.305 e. The lowest BCUT2D eigenvalue weighted by Gasteiger charge is -2.08. The van der Waals surface area contributed by atoms with Crippen LogP contribution in [0.2, 0.25) is 0 Å². The Morgan fingerprint density at radius 3 is 1.60 bits per heavy atom. The molecule has 0 heterocycles. The van der Waals surface area contributed by atoms with Gasteiger partial charge in [0, 0.05) is 20.1 Å². The van der Waals surface area contributed by atoms with Crippen LogP contribution in [0, 0.1) is 0 Å². The van der Waals surface area contributed by atoms with Crippen LogP contribution in [0.3, 0.4) is 0 Å². The maximum absolute atomic E-state index is 12.0. The summed E-state index contributed by atoms with van der Waals surface area (Å²) in [5, 5.41) is 12.5. The van der Waals surface area contributed by atoms with Gasteiger partial charge in [-0.1, -0.05) is 31.4 Å². The second kappa shape index (κ2) is 28.8. The van der Waals surface area contributed by atoms with Gasteiger partial charge in [-0.15, -0.1) is 0 Å². The number of esters is 1. The first kappa shape index (κ1) is 37.7. The molecule has 0 aliphatic heterocycles. The van der Waals surface area contributed by atoms with Crippen molar-refractivity contribution in [2.24, 2.45) is 0 Å². The molecule has 0 saturated carbocycles. The molecule has 0 radical (unpaired) electrons. The number of ether oxygens (including phenoxy) is 8. The number of para-hydroxylation sites is 1. The first-order chi connectivity index (χ1) is 20.6. The number of rotatable bonds is 30. The topological polar surface area (TPSA) is 140 Å². The Balaban J connectivity index is 1.73. The third-order valence-electron chi connectivity index (χ3n) is 5.77. The van der Waals surface area contributed by atoms with Crippen LogP contribution in [-0.4, -0.2) is 123 Å². The van der Waals surface area contributed by atoms with Gasteiger partial charge in [-0.2, -0.15) is 0 Å². The summed E-state index contributed by atoms with van der Waals surface area (Å²) < 4.78 is 42.4. The Hall–Kier alpha value is -2.32. The molecule has 0 bridgehead atoms.